The fourth-order valence-corrected chi connectivity index (χ4v) is 5.74. The van der Waals surface area contributed by atoms with Crippen LogP contribution in [0.4, 0.5) is 5.82 Å². The maximum atomic E-state index is 5.56. The van der Waals surface area contributed by atoms with E-state index in [0.29, 0.717) is 6.04 Å². The van der Waals surface area contributed by atoms with Gasteiger partial charge in [0.1, 0.15) is 17.0 Å². The maximum Gasteiger partial charge on any atom is 0.141 e. The van der Waals surface area contributed by atoms with Crippen LogP contribution >= 0.6 is 11.3 Å². The molecule has 0 N–H and O–H groups in total. The van der Waals surface area contributed by atoms with Crippen molar-refractivity contribution in [2.45, 2.75) is 32.2 Å². The third-order valence-electron chi connectivity index (χ3n) is 6.69. The van der Waals surface area contributed by atoms with Crippen LogP contribution in [0, 0.1) is 12.8 Å². The Balaban J connectivity index is 1.35. The Bertz CT molecular complexity index is 988. The number of piperidine rings is 1. The number of likely N-dealkylation sites (tertiary alicyclic amines) is 1. The molecule has 4 heterocycles. The quantitative estimate of drug-likeness (QED) is 0.601. The van der Waals surface area contributed by atoms with Gasteiger partial charge in [0.2, 0.25) is 0 Å². The van der Waals surface area contributed by atoms with Gasteiger partial charge in [0, 0.05) is 50.3 Å². The van der Waals surface area contributed by atoms with Crippen molar-refractivity contribution in [3.63, 3.8) is 0 Å². The molecule has 0 bridgehead atoms. The van der Waals surface area contributed by atoms with Gasteiger partial charge < -0.3 is 14.5 Å². The standard InChI is InChI=1S/C24H30N4OS/c1-17-3-5-19(6-4-17)21-15-30-24-22(21)23(25-16-26-24)27(2)20-7-10-28(11-8-20)13-18-9-12-29-14-18/h3-6,15-16,18,20H,7-14H2,1-2H3. The van der Waals surface area contributed by atoms with Crippen LogP contribution in [-0.2, 0) is 4.74 Å². The van der Waals surface area contributed by atoms with Crippen molar-refractivity contribution in [3.05, 3.63) is 41.5 Å². The molecule has 6 heteroatoms. The Morgan fingerprint density at radius 3 is 2.67 bits per heavy atom. The van der Waals surface area contributed by atoms with Gasteiger partial charge in [-0.3, -0.25) is 0 Å². The number of ether oxygens (including phenoxy) is 1. The first-order valence-electron chi connectivity index (χ1n) is 11.0. The summed E-state index contributed by atoms with van der Waals surface area (Å²) in [6, 6.07) is 9.29. The van der Waals surface area contributed by atoms with Gasteiger partial charge in [0.15, 0.2) is 0 Å². The number of nitrogens with zero attached hydrogens (tertiary/aromatic N) is 4. The Labute approximate surface area is 182 Å². The lowest BCUT2D eigenvalue weighted by atomic mass is 10.00. The van der Waals surface area contributed by atoms with Crippen LogP contribution in [0.15, 0.2) is 36.0 Å². The van der Waals surface area contributed by atoms with Crippen LogP contribution in [0.1, 0.15) is 24.8 Å². The predicted octanol–water partition coefficient (Wildman–Crippen LogP) is 4.60. The zero-order valence-electron chi connectivity index (χ0n) is 17.9. The van der Waals surface area contributed by atoms with Crippen molar-refractivity contribution in [1.82, 2.24) is 14.9 Å². The third kappa shape index (κ3) is 3.96. The number of thiophene rings is 1. The molecule has 30 heavy (non-hydrogen) atoms. The molecule has 0 saturated carbocycles. The van der Waals surface area contributed by atoms with Crippen molar-refractivity contribution in [1.29, 1.82) is 0 Å². The summed E-state index contributed by atoms with van der Waals surface area (Å²) in [5.74, 6) is 1.79. The molecular formula is C24H30N4OS. The lowest BCUT2D eigenvalue weighted by molar-refractivity contribution is 0.152. The summed E-state index contributed by atoms with van der Waals surface area (Å²) in [4.78, 5) is 15.4. The normalized spacial score (nSPS) is 20.8. The van der Waals surface area contributed by atoms with Crippen LogP contribution in [0.2, 0.25) is 0 Å². The molecule has 5 rings (SSSR count). The van der Waals surface area contributed by atoms with Gasteiger partial charge in [-0.25, -0.2) is 9.97 Å². The second kappa shape index (κ2) is 8.61. The number of fused-ring (bicyclic) bond motifs is 1. The van der Waals surface area contributed by atoms with Crippen LogP contribution < -0.4 is 4.90 Å². The fraction of sp³-hybridized carbons (Fsp3) is 0.500. The molecule has 5 nitrogen and oxygen atoms in total. The van der Waals surface area contributed by atoms with E-state index >= 15 is 0 Å². The van der Waals surface area contributed by atoms with Gasteiger partial charge in [-0.2, -0.15) is 0 Å². The molecule has 0 radical (unpaired) electrons. The highest BCUT2D eigenvalue weighted by Gasteiger charge is 2.27. The minimum absolute atomic E-state index is 0.518. The van der Waals surface area contributed by atoms with Gasteiger partial charge in [0.05, 0.1) is 12.0 Å². The smallest absolute Gasteiger partial charge is 0.141 e. The summed E-state index contributed by atoms with van der Waals surface area (Å²) in [5, 5.41) is 3.42. The number of anilines is 1. The van der Waals surface area contributed by atoms with Crippen LogP contribution in [0.3, 0.4) is 0 Å². The van der Waals surface area contributed by atoms with Gasteiger partial charge in [-0.05, 0) is 37.7 Å². The number of hydrogen-bond donors (Lipinski definition) is 0. The third-order valence-corrected chi connectivity index (χ3v) is 7.58. The van der Waals surface area contributed by atoms with Gasteiger partial charge in [0.25, 0.3) is 0 Å². The molecule has 1 unspecified atom stereocenters. The van der Waals surface area contributed by atoms with Gasteiger partial charge >= 0.3 is 0 Å². The number of aryl methyl sites for hydroxylation is 1. The van der Waals surface area contributed by atoms with Gasteiger partial charge in [-0.15, -0.1) is 11.3 Å². The lowest BCUT2D eigenvalue weighted by Crippen LogP contribution is -2.45. The number of hydrogen-bond acceptors (Lipinski definition) is 6. The summed E-state index contributed by atoms with van der Waals surface area (Å²) in [5.41, 5.74) is 3.77. The Hall–Kier alpha value is -2.02. The molecule has 3 aromatic rings. The molecule has 2 aromatic heterocycles. The highest BCUT2D eigenvalue weighted by molar-refractivity contribution is 7.17. The molecule has 2 aliphatic heterocycles. The van der Waals surface area contributed by atoms with Gasteiger partial charge in [-0.1, -0.05) is 29.8 Å². The molecule has 1 atom stereocenters. The van der Waals surface area contributed by atoms with Crippen molar-refractivity contribution in [2.24, 2.45) is 5.92 Å². The molecule has 0 amide bonds. The maximum absolute atomic E-state index is 5.56. The highest BCUT2D eigenvalue weighted by atomic mass is 32.1. The Morgan fingerprint density at radius 2 is 1.93 bits per heavy atom. The van der Waals surface area contributed by atoms with Crippen LogP contribution in [0.25, 0.3) is 21.3 Å². The Kier molecular flexibility index (Phi) is 5.72. The molecule has 0 spiro atoms. The summed E-state index contributed by atoms with van der Waals surface area (Å²) in [7, 11) is 2.21. The van der Waals surface area contributed by atoms with E-state index in [2.05, 4.69) is 58.4 Å². The SMILES string of the molecule is Cc1ccc(-c2csc3ncnc(N(C)C4CCN(CC5CCOC5)CC4)c23)cc1. The van der Waals surface area contributed by atoms with Crippen molar-refractivity contribution < 1.29 is 4.74 Å². The van der Waals surface area contributed by atoms with E-state index in [0.717, 1.165) is 42.9 Å². The molecule has 0 aliphatic carbocycles. The first-order chi connectivity index (χ1) is 14.7. The molecule has 2 aliphatic rings. The highest BCUT2D eigenvalue weighted by Crippen LogP contribution is 2.38. The zero-order valence-corrected chi connectivity index (χ0v) is 18.7. The van der Waals surface area contributed by atoms with E-state index in [1.165, 1.54) is 47.9 Å². The van der Waals surface area contributed by atoms with E-state index in [1.807, 2.05) is 0 Å². The Morgan fingerprint density at radius 1 is 1.13 bits per heavy atom. The van der Waals surface area contributed by atoms with E-state index < -0.39 is 0 Å². The summed E-state index contributed by atoms with van der Waals surface area (Å²) in [6.45, 7) is 7.53. The predicted molar refractivity (Wildman–Crippen MR) is 124 cm³/mol. The summed E-state index contributed by atoms with van der Waals surface area (Å²) in [6.07, 6.45) is 5.30. The average molecular weight is 423 g/mol. The fourth-order valence-electron chi connectivity index (χ4n) is 4.83. The molecule has 2 fully saturated rings. The minimum atomic E-state index is 0.518. The van der Waals surface area contributed by atoms with Crippen molar-refractivity contribution in [3.8, 4) is 11.1 Å². The second-order valence-corrected chi connectivity index (χ2v) is 9.62. The van der Waals surface area contributed by atoms with Crippen LogP contribution in [-0.4, -0.2) is 60.8 Å². The van der Waals surface area contributed by atoms with E-state index in [1.54, 1.807) is 17.7 Å². The molecule has 2 saturated heterocycles. The molecule has 1 aromatic carbocycles. The van der Waals surface area contributed by atoms with Crippen molar-refractivity contribution >= 4 is 27.4 Å². The average Bonchev–Trinajstić information content (AvgIpc) is 3.44. The molecule has 158 valence electrons. The topological polar surface area (TPSA) is 41.5 Å². The minimum Gasteiger partial charge on any atom is -0.381 e. The second-order valence-electron chi connectivity index (χ2n) is 8.77. The van der Waals surface area contributed by atoms with Crippen molar-refractivity contribution in [2.75, 3.05) is 44.8 Å². The van der Waals surface area contributed by atoms with Crippen LogP contribution in [0.5, 0.6) is 0 Å². The summed E-state index contributed by atoms with van der Waals surface area (Å²) >= 11 is 1.71. The lowest BCUT2D eigenvalue weighted by Gasteiger charge is -2.38. The first kappa shape index (κ1) is 19.9. The number of rotatable bonds is 5. The molecular weight excluding hydrogens is 392 g/mol. The zero-order chi connectivity index (χ0) is 20.5. The van der Waals surface area contributed by atoms with E-state index in [4.69, 9.17) is 9.72 Å². The van der Waals surface area contributed by atoms with E-state index in [9.17, 15) is 0 Å². The first-order valence-corrected chi connectivity index (χ1v) is 11.9. The van der Waals surface area contributed by atoms with E-state index in [-0.39, 0.29) is 0 Å². The summed E-state index contributed by atoms with van der Waals surface area (Å²) < 4.78 is 5.56. The number of benzene rings is 1. The monoisotopic (exact) mass is 422 g/mol. The number of aromatic nitrogens is 2. The largest absolute Gasteiger partial charge is 0.381 e.